The normalized spacial score (nSPS) is 10.5. The first-order chi connectivity index (χ1) is 13.9. The van der Waals surface area contributed by atoms with Gasteiger partial charge in [0.2, 0.25) is 0 Å². The second-order valence-corrected chi connectivity index (χ2v) is 6.61. The molecule has 0 aliphatic rings. The Kier molecular flexibility index (Phi) is 6.13. The fourth-order valence-electron chi connectivity index (χ4n) is 2.68. The number of ether oxygens (including phenoxy) is 1. The van der Waals surface area contributed by atoms with Crippen molar-refractivity contribution in [2.24, 2.45) is 0 Å². The van der Waals surface area contributed by atoms with E-state index in [0.29, 0.717) is 23.7 Å². The Morgan fingerprint density at radius 2 is 1.76 bits per heavy atom. The number of hydrazine groups is 1. The van der Waals surface area contributed by atoms with Crippen molar-refractivity contribution in [2.45, 2.75) is 20.8 Å². The van der Waals surface area contributed by atoms with Crippen LogP contribution in [0.15, 0.2) is 42.5 Å². The van der Waals surface area contributed by atoms with Gasteiger partial charge in [-0.25, -0.2) is 9.67 Å². The predicted octanol–water partition coefficient (Wildman–Crippen LogP) is 3.01. The van der Waals surface area contributed by atoms with Gasteiger partial charge in [0.15, 0.2) is 11.5 Å². The van der Waals surface area contributed by atoms with E-state index in [2.05, 4.69) is 20.9 Å². The van der Waals surface area contributed by atoms with Crippen molar-refractivity contribution in [2.75, 3.05) is 6.61 Å². The molecule has 0 aliphatic carbocycles. The summed E-state index contributed by atoms with van der Waals surface area (Å²) in [5.41, 5.74) is 6.72. The zero-order chi connectivity index (χ0) is 21.0. The molecule has 0 unspecified atom stereocenters. The third-order valence-electron chi connectivity index (χ3n) is 3.99. The Labute approximate surface area is 172 Å². The molecule has 3 rings (SSSR count). The number of aryl methyl sites for hydroxylation is 2. The number of amides is 2. The summed E-state index contributed by atoms with van der Waals surface area (Å²) < 4.78 is 6.95. The van der Waals surface area contributed by atoms with E-state index >= 15 is 0 Å². The summed E-state index contributed by atoms with van der Waals surface area (Å²) in [4.78, 5) is 29.0. The van der Waals surface area contributed by atoms with Crippen molar-refractivity contribution in [3.63, 3.8) is 0 Å². The van der Waals surface area contributed by atoms with Crippen molar-refractivity contribution in [3.05, 3.63) is 70.1 Å². The van der Waals surface area contributed by atoms with E-state index in [-0.39, 0.29) is 10.7 Å². The average Bonchev–Trinajstić information content (AvgIpc) is 3.05. The third kappa shape index (κ3) is 4.72. The number of carbonyl (C=O) groups is 2. The topological polar surface area (TPSA) is 98.1 Å². The van der Waals surface area contributed by atoms with Crippen molar-refractivity contribution in [1.29, 1.82) is 0 Å². The molecule has 29 heavy (non-hydrogen) atoms. The van der Waals surface area contributed by atoms with Crippen LogP contribution < -0.4 is 15.6 Å². The summed E-state index contributed by atoms with van der Waals surface area (Å²) in [6.07, 6.45) is 0. The lowest BCUT2D eigenvalue weighted by Crippen LogP contribution is -2.42. The lowest BCUT2D eigenvalue weighted by atomic mass is 10.2. The number of rotatable bonds is 5. The van der Waals surface area contributed by atoms with Gasteiger partial charge in [-0.1, -0.05) is 11.6 Å². The molecule has 2 aromatic heterocycles. The molecular weight excluding hydrogens is 394 g/mol. The van der Waals surface area contributed by atoms with Gasteiger partial charge in [0, 0.05) is 11.3 Å². The van der Waals surface area contributed by atoms with Gasteiger partial charge in [-0.15, -0.1) is 0 Å². The molecule has 0 atom stereocenters. The van der Waals surface area contributed by atoms with Gasteiger partial charge in [0.05, 0.1) is 17.3 Å². The molecule has 2 amide bonds. The Bertz CT molecular complexity index is 1050. The molecule has 2 N–H and O–H groups in total. The molecular formula is C20H20ClN5O3. The summed E-state index contributed by atoms with van der Waals surface area (Å²) in [7, 11) is 0. The van der Waals surface area contributed by atoms with Crippen LogP contribution in [0.2, 0.25) is 5.02 Å². The molecule has 1 aromatic carbocycles. The second kappa shape index (κ2) is 8.74. The molecule has 2 heterocycles. The quantitative estimate of drug-likeness (QED) is 0.626. The largest absolute Gasteiger partial charge is 0.494 e. The molecule has 0 saturated heterocycles. The van der Waals surface area contributed by atoms with E-state index in [1.54, 1.807) is 41.1 Å². The first kappa shape index (κ1) is 20.3. The van der Waals surface area contributed by atoms with Crippen LogP contribution in [-0.4, -0.2) is 33.2 Å². The van der Waals surface area contributed by atoms with E-state index in [1.807, 2.05) is 26.8 Å². The van der Waals surface area contributed by atoms with Crippen LogP contribution in [0.5, 0.6) is 5.75 Å². The summed E-state index contributed by atoms with van der Waals surface area (Å²) in [6, 6.07) is 11.7. The average molecular weight is 414 g/mol. The fraction of sp³-hybridized carbons (Fsp3) is 0.200. The fourth-order valence-corrected chi connectivity index (χ4v) is 2.88. The highest BCUT2D eigenvalue weighted by molar-refractivity contribution is 6.33. The van der Waals surface area contributed by atoms with E-state index < -0.39 is 11.8 Å². The van der Waals surface area contributed by atoms with Crippen LogP contribution in [0.3, 0.4) is 0 Å². The van der Waals surface area contributed by atoms with Gasteiger partial charge in [-0.3, -0.25) is 20.4 Å². The molecule has 0 bridgehead atoms. The SMILES string of the molecule is CCOc1ccc(C(=O)NNC(=O)c2nc(-n3nc(C)cc3C)ccc2Cl)cc1. The van der Waals surface area contributed by atoms with Crippen LogP contribution >= 0.6 is 11.6 Å². The Morgan fingerprint density at radius 1 is 1.07 bits per heavy atom. The first-order valence-corrected chi connectivity index (χ1v) is 9.30. The summed E-state index contributed by atoms with van der Waals surface area (Å²) in [5.74, 6) is -0.0158. The van der Waals surface area contributed by atoms with Crippen LogP contribution in [0.1, 0.15) is 39.2 Å². The minimum absolute atomic E-state index is 0.0243. The second-order valence-electron chi connectivity index (χ2n) is 6.20. The zero-order valence-corrected chi connectivity index (χ0v) is 16.9. The van der Waals surface area contributed by atoms with E-state index in [1.165, 1.54) is 0 Å². The number of carbonyl (C=O) groups excluding carboxylic acids is 2. The predicted molar refractivity (Wildman–Crippen MR) is 108 cm³/mol. The Morgan fingerprint density at radius 3 is 2.38 bits per heavy atom. The third-order valence-corrected chi connectivity index (χ3v) is 4.30. The van der Waals surface area contributed by atoms with E-state index in [0.717, 1.165) is 11.4 Å². The van der Waals surface area contributed by atoms with Gasteiger partial charge in [0.25, 0.3) is 11.8 Å². The van der Waals surface area contributed by atoms with Gasteiger partial charge in [0.1, 0.15) is 5.75 Å². The maximum atomic E-state index is 12.5. The number of halogens is 1. The molecule has 0 saturated carbocycles. The van der Waals surface area contributed by atoms with Gasteiger partial charge in [-0.05, 0) is 63.2 Å². The van der Waals surface area contributed by atoms with Gasteiger partial charge < -0.3 is 4.74 Å². The minimum Gasteiger partial charge on any atom is -0.494 e. The highest BCUT2D eigenvalue weighted by atomic mass is 35.5. The molecule has 3 aromatic rings. The number of hydrogen-bond donors (Lipinski definition) is 2. The number of hydrogen-bond acceptors (Lipinski definition) is 5. The van der Waals surface area contributed by atoms with Gasteiger partial charge in [-0.2, -0.15) is 5.10 Å². The number of nitrogens with one attached hydrogen (secondary N) is 2. The molecule has 0 fully saturated rings. The zero-order valence-electron chi connectivity index (χ0n) is 16.2. The van der Waals surface area contributed by atoms with E-state index in [4.69, 9.17) is 16.3 Å². The summed E-state index contributed by atoms with van der Waals surface area (Å²) in [5, 5.41) is 4.50. The Hall–Kier alpha value is -3.39. The standard InChI is InChI=1S/C20H20ClN5O3/c1-4-29-15-7-5-14(6-8-15)19(27)23-24-20(28)18-16(21)9-10-17(22-18)26-13(3)11-12(2)25-26/h5-11H,4H2,1-3H3,(H,23,27)(H,24,28). The highest BCUT2D eigenvalue weighted by Gasteiger charge is 2.16. The highest BCUT2D eigenvalue weighted by Crippen LogP contribution is 2.18. The number of nitrogens with zero attached hydrogens (tertiary/aromatic N) is 3. The Balaban J connectivity index is 1.71. The first-order valence-electron chi connectivity index (χ1n) is 8.92. The number of benzene rings is 1. The van der Waals surface area contributed by atoms with Crippen LogP contribution in [0, 0.1) is 13.8 Å². The van der Waals surface area contributed by atoms with E-state index in [9.17, 15) is 9.59 Å². The van der Waals surface area contributed by atoms with Crippen molar-refractivity contribution in [3.8, 4) is 11.6 Å². The van der Waals surface area contributed by atoms with Crippen molar-refractivity contribution >= 4 is 23.4 Å². The molecule has 8 nitrogen and oxygen atoms in total. The summed E-state index contributed by atoms with van der Waals surface area (Å²) in [6.45, 7) is 6.15. The number of aromatic nitrogens is 3. The molecule has 150 valence electrons. The van der Waals surface area contributed by atoms with Crippen LogP contribution in [0.4, 0.5) is 0 Å². The van der Waals surface area contributed by atoms with Crippen molar-refractivity contribution in [1.82, 2.24) is 25.6 Å². The monoisotopic (exact) mass is 413 g/mol. The molecule has 9 heteroatoms. The molecule has 0 aliphatic heterocycles. The lowest BCUT2D eigenvalue weighted by molar-refractivity contribution is 0.0844. The van der Waals surface area contributed by atoms with Crippen LogP contribution in [-0.2, 0) is 0 Å². The summed E-state index contributed by atoms with van der Waals surface area (Å²) >= 11 is 6.12. The maximum absolute atomic E-state index is 12.5. The van der Waals surface area contributed by atoms with Crippen molar-refractivity contribution < 1.29 is 14.3 Å². The molecule has 0 radical (unpaired) electrons. The lowest BCUT2D eigenvalue weighted by Gasteiger charge is -2.10. The molecule has 0 spiro atoms. The maximum Gasteiger partial charge on any atom is 0.289 e. The smallest absolute Gasteiger partial charge is 0.289 e. The van der Waals surface area contributed by atoms with Gasteiger partial charge >= 0.3 is 0 Å². The van der Waals surface area contributed by atoms with Crippen LogP contribution in [0.25, 0.3) is 5.82 Å². The number of pyridine rings is 1. The minimum atomic E-state index is -0.641.